The van der Waals surface area contributed by atoms with Crippen LogP contribution in [0.25, 0.3) is 31.9 Å². The summed E-state index contributed by atoms with van der Waals surface area (Å²) in [6.45, 7) is 13.2. The zero-order valence-corrected chi connectivity index (χ0v) is 31.4. The lowest BCUT2D eigenvalue weighted by Crippen LogP contribution is -2.56. The lowest BCUT2D eigenvalue weighted by Gasteiger charge is -2.34. The summed E-state index contributed by atoms with van der Waals surface area (Å²) in [5, 5.41) is 3.50. The van der Waals surface area contributed by atoms with Gasteiger partial charge in [0.25, 0.3) is 6.71 Å². The van der Waals surface area contributed by atoms with Gasteiger partial charge in [0.05, 0.1) is 16.6 Å². The number of ether oxygens (including phenoxy) is 2. The summed E-state index contributed by atoms with van der Waals surface area (Å²) in [6, 6.07) is 40.2. The molecule has 52 heavy (non-hydrogen) atoms. The van der Waals surface area contributed by atoms with Gasteiger partial charge in [-0.15, -0.1) is 11.3 Å². The molecule has 2 aliphatic heterocycles. The second kappa shape index (κ2) is 11.0. The van der Waals surface area contributed by atoms with Crippen molar-refractivity contribution in [3.8, 4) is 23.0 Å². The summed E-state index contributed by atoms with van der Waals surface area (Å²) in [7, 11) is 2.19. The number of anilines is 3. The fourth-order valence-electron chi connectivity index (χ4n) is 8.35. The Morgan fingerprint density at radius 3 is 1.96 bits per heavy atom. The smallest absolute Gasteiger partial charge is 0.273 e. The molecule has 0 aliphatic carbocycles. The van der Waals surface area contributed by atoms with Gasteiger partial charge in [-0.3, -0.25) is 0 Å². The fourth-order valence-corrected chi connectivity index (χ4v) is 9.59. The van der Waals surface area contributed by atoms with Gasteiger partial charge in [-0.2, -0.15) is 0 Å². The Balaban J connectivity index is 1.34. The Bertz CT molecular complexity index is 2720. The second-order valence-corrected chi connectivity index (χ2v) is 16.8. The molecule has 0 amide bonds. The fraction of sp³-hybridized carbons (Fsp3) is 0.174. The van der Waals surface area contributed by atoms with Crippen LogP contribution in [0.4, 0.5) is 17.1 Å². The molecule has 10 rings (SSSR count). The predicted molar refractivity (Wildman–Crippen MR) is 221 cm³/mol. The summed E-state index contributed by atoms with van der Waals surface area (Å²) in [5.74, 6) is 3.66. The Hall–Kier alpha value is -5.46. The van der Waals surface area contributed by atoms with E-state index in [4.69, 9.17) is 9.47 Å². The van der Waals surface area contributed by atoms with Crippen LogP contribution in [-0.2, 0) is 12.5 Å². The number of fused-ring (bicyclic) bond motifs is 10. The van der Waals surface area contributed by atoms with E-state index in [9.17, 15) is 0 Å². The van der Waals surface area contributed by atoms with Gasteiger partial charge in [0.15, 0.2) is 0 Å². The third-order valence-electron chi connectivity index (χ3n) is 11.0. The third kappa shape index (κ3) is 4.53. The first kappa shape index (κ1) is 31.3. The molecular weight excluding hydrogens is 655 g/mol. The Morgan fingerprint density at radius 2 is 1.31 bits per heavy atom. The molecule has 0 unspecified atom stereocenters. The number of nitrogens with zero attached hydrogens (tertiary/aromatic N) is 2. The van der Waals surface area contributed by atoms with Crippen LogP contribution in [-0.4, -0.2) is 11.3 Å². The molecule has 4 nitrogen and oxygen atoms in total. The second-order valence-electron chi connectivity index (χ2n) is 15.7. The van der Waals surface area contributed by atoms with Crippen molar-refractivity contribution in [3.05, 3.63) is 131 Å². The number of benzene rings is 6. The van der Waals surface area contributed by atoms with Crippen molar-refractivity contribution < 1.29 is 9.47 Å². The number of thiophene rings is 1. The van der Waals surface area contributed by atoms with Gasteiger partial charge in [0.1, 0.15) is 23.0 Å². The third-order valence-corrected chi connectivity index (χ3v) is 12.2. The maximum atomic E-state index is 7.16. The lowest BCUT2D eigenvalue weighted by molar-refractivity contribution is 0.470. The predicted octanol–water partition coefficient (Wildman–Crippen LogP) is 11.0. The molecule has 0 bridgehead atoms. The molecule has 2 aliphatic rings. The zero-order chi connectivity index (χ0) is 35.6. The normalized spacial score (nSPS) is 13.2. The summed E-state index contributed by atoms with van der Waals surface area (Å²) in [5.41, 5.74) is 12.8. The molecule has 0 radical (unpaired) electrons. The molecule has 0 saturated heterocycles. The maximum Gasteiger partial charge on any atom is 0.273 e. The number of aryl methyl sites for hydroxylation is 4. The number of para-hydroxylation sites is 1. The molecule has 6 aromatic carbocycles. The summed E-state index contributed by atoms with van der Waals surface area (Å²) in [4.78, 5) is 2.42. The Morgan fingerprint density at radius 1 is 0.673 bits per heavy atom. The van der Waals surface area contributed by atoms with E-state index in [1.165, 1.54) is 42.5 Å². The highest BCUT2D eigenvalue weighted by Gasteiger charge is 2.44. The minimum Gasteiger partial charge on any atom is -0.458 e. The zero-order valence-electron chi connectivity index (χ0n) is 30.6. The van der Waals surface area contributed by atoms with Gasteiger partial charge in [-0.05, 0) is 103 Å². The molecule has 6 heteroatoms. The molecule has 2 aromatic heterocycles. The van der Waals surface area contributed by atoms with Crippen molar-refractivity contribution in [2.75, 3.05) is 4.90 Å². The number of rotatable bonds is 3. The van der Waals surface area contributed by atoms with Gasteiger partial charge >= 0.3 is 0 Å². The average molecular weight is 695 g/mol. The minimum absolute atomic E-state index is 0.0227. The number of hydrogen-bond donors (Lipinski definition) is 0. The number of aromatic nitrogens is 1. The van der Waals surface area contributed by atoms with E-state index >= 15 is 0 Å². The van der Waals surface area contributed by atoms with Crippen LogP contribution in [0.2, 0.25) is 0 Å². The van der Waals surface area contributed by atoms with E-state index in [1.807, 2.05) is 11.3 Å². The van der Waals surface area contributed by atoms with Crippen molar-refractivity contribution in [1.82, 2.24) is 4.57 Å². The van der Waals surface area contributed by atoms with Crippen LogP contribution in [0.15, 0.2) is 109 Å². The molecular formula is C46H39BN2O2S. The molecule has 254 valence electrons. The quantitative estimate of drug-likeness (QED) is 0.172. The SMILES string of the molecule is Cc1ccc(N(c2ccc(C)cc2)c2cc3c(c4c5ccccc5n(C)c24)Oc2cc(C)cc4c2B3c2sc3ccc(C(C)(C)C)cc3c2O4)cc1. The maximum absolute atomic E-state index is 7.16. The molecule has 0 fully saturated rings. The van der Waals surface area contributed by atoms with Crippen LogP contribution in [0.3, 0.4) is 0 Å². The molecule has 0 saturated carbocycles. The van der Waals surface area contributed by atoms with E-state index in [-0.39, 0.29) is 12.1 Å². The standard InChI is InChI=1S/C46H39BN2O2S/c1-26-12-17-30(18-13-26)49(31-19-14-27(2)15-20-31)36-25-34-44(40-32-10-8-9-11-35(32)48(7)42(36)40)51-38-23-28(3)22-37-41(38)47(34)45-43(50-37)33-24-29(46(4,5)6)16-21-39(33)52-45/h8-25H,1-7H3. The van der Waals surface area contributed by atoms with Crippen LogP contribution >= 0.6 is 11.3 Å². The Labute approximate surface area is 308 Å². The van der Waals surface area contributed by atoms with Gasteiger partial charge in [-0.25, -0.2) is 0 Å². The van der Waals surface area contributed by atoms with Crippen molar-refractivity contribution in [2.24, 2.45) is 7.05 Å². The van der Waals surface area contributed by atoms with E-state index < -0.39 is 0 Å². The first-order valence-corrected chi connectivity index (χ1v) is 18.9. The van der Waals surface area contributed by atoms with Crippen LogP contribution in [0.5, 0.6) is 23.0 Å². The first-order valence-electron chi connectivity index (χ1n) is 18.1. The molecule has 0 atom stereocenters. The van der Waals surface area contributed by atoms with Crippen molar-refractivity contribution in [1.29, 1.82) is 0 Å². The monoisotopic (exact) mass is 694 g/mol. The highest BCUT2D eigenvalue weighted by molar-refractivity contribution is 7.33. The average Bonchev–Trinajstić information content (AvgIpc) is 3.64. The molecule has 0 spiro atoms. The van der Waals surface area contributed by atoms with Crippen LogP contribution < -0.4 is 30.1 Å². The number of hydrogen-bond acceptors (Lipinski definition) is 4. The highest BCUT2D eigenvalue weighted by Crippen LogP contribution is 2.49. The van der Waals surface area contributed by atoms with E-state index in [0.717, 1.165) is 67.5 Å². The van der Waals surface area contributed by atoms with Gasteiger partial charge in [0, 0.05) is 49.7 Å². The van der Waals surface area contributed by atoms with Crippen molar-refractivity contribution in [3.63, 3.8) is 0 Å². The highest BCUT2D eigenvalue weighted by atomic mass is 32.1. The lowest BCUT2D eigenvalue weighted by atomic mass is 9.37. The van der Waals surface area contributed by atoms with Gasteiger partial charge in [0.2, 0.25) is 0 Å². The van der Waals surface area contributed by atoms with Gasteiger partial charge in [-0.1, -0.05) is 80.4 Å². The molecule has 8 aromatic rings. The minimum atomic E-state index is -0.0615. The van der Waals surface area contributed by atoms with Crippen molar-refractivity contribution in [2.45, 2.75) is 47.0 Å². The van der Waals surface area contributed by atoms with Crippen LogP contribution in [0.1, 0.15) is 43.0 Å². The summed E-state index contributed by atoms with van der Waals surface area (Å²) in [6.07, 6.45) is 0. The topological polar surface area (TPSA) is 26.6 Å². The van der Waals surface area contributed by atoms with E-state index in [0.29, 0.717) is 0 Å². The van der Waals surface area contributed by atoms with Crippen LogP contribution in [0, 0.1) is 20.8 Å². The van der Waals surface area contributed by atoms with Gasteiger partial charge < -0.3 is 18.9 Å². The first-order chi connectivity index (χ1) is 25.0. The van der Waals surface area contributed by atoms with Crippen molar-refractivity contribution >= 4 is 82.7 Å². The largest absolute Gasteiger partial charge is 0.458 e. The van der Waals surface area contributed by atoms with E-state index in [2.05, 4.69) is 167 Å². The van der Waals surface area contributed by atoms with E-state index in [1.54, 1.807) is 0 Å². The molecule has 0 N–H and O–H groups in total. The summed E-state index contributed by atoms with van der Waals surface area (Å²) >= 11 is 1.85. The molecule has 4 heterocycles. The summed E-state index contributed by atoms with van der Waals surface area (Å²) < 4.78 is 18.9. The Kier molecular flexibility index (Phi) is 6.63.